The molecule has 0 aromatic heterocycles. The third kappa shape index (κ3) is 4.82. The molecule has 5 aliphatic rings. The molecule has 6 rings (SSSR count). The normalized spacial score (nSPS) is 46.4. The average molecular weight is 606 g/mol. The highest BCUT2D eigenvalue weighted by Crippen LogP contribution is 2.75. The minimum absolute atomic E-state index is 0.0906. The third-order valence-corrected chi connectivity index (χ3v) is 15.2. The second-order valence-electron chi connectivity index (χ2n) is 18.5. The molecule has 0 bridgehead atoms. The van der Waals surface area contributed by atoms with Gasteiger partial charge in [-0.15, -0.1) is 0 Å². The van der Waals surface area contributed by atoms with Gasteiger partial charge >= 0.3 is 0 Å². The molecule has 44 heavy (non-hydrogen) atoms. The van der Waals surface area contributed by atoms with Gasteiger partial charge in [0.15, 0.2) is 0 Å². The van der Waals surface area contributed by atoms with Crippen LogP contribution in [0.4, 0.5) is 0 Å². The van der Waals surface area contributed by atoms with Gasteiger partial charge in [0.25, 0.3) is 0 Å². The highest BCUT2D eigenvalue weighted by atomic mass is 16.5. The molecule has 5 aliphatic carbocycles. The Labute approximate surface area is 269 Å². The van der Waals surface area contributed by atoms with Gasteiger partial charge < -0.3 is 19.8 Å². The van der Waals surface area contributed by atoms with Gasteiger partial charge in [-0.2, -0.15) is 0 Å². The topological polar surface area (TPSA) is 52.9 Å². The van der Waals surface area contributed by atoms with E-state index in [1.54, 1.807) is 5.57 Å². The van der Waals surface area contributed by atoms with Crippen LogP contribution < -0.4 is 0 Å². The summed E-state index contributed by atoms with van der Waals surface area (Å²) in [6, 6.07) is 9.04. The van der Waals surface area contributed by atoms with Crippen LogP contribution in [0.3, 0.4) is 0 Å². The Morgan fingerprint density at radius 1 is 0.818 bits per heavy atom. The molecular formula is C40H63NO3. The molecule has 1 aromatic carbocycles. The number of aliphatic hydroxyl groups is 2. The maximum absolute atomic E-state index is 11.1. The van der Waals surface area contributed by atoms with Crippen molar-refractivity contribution >= 4 is 0 Å². The van der Waals surface area contributed by atoms with Crippen molar-refractivity contribution in [2.45, 2.75) is 132 Å². The predicted molar refractivity (Wildman–Crippen MR) is 180 cm³/mol. The van der Waals surface area contributed by atoms with E-state index in [-0.39, 0.29) is 39.8 Å². The molecule has 2 N–H and O–H groups in total. The zero-order chi connectivity index (χ0) is 31.9. The molecule has 0 saturated heterocycles. The first kappa shape index (κ1) is 32.7. The van der Waals surface area contributed by atoms with Crippen LogP contribution in [0.25, 0.3) is 0 Å². The Balaban J connectivity index is 1.29. The van der Waals surface area contributed by atoms with Crippen molar-refractivity contribution < 1.29 is 14.9 Å². The van der Waals surface area contributed by atoms with Gasteiger partial charge in [-0.1, -0.05) is 84.4 Å². The predicted octanol–water partition coefficient (Wildman–Crippen LogP) is 8.40. The summed E-state index contributed by atoms with van der Waals surface area (Å²) < 4.78 is 6.99. The second-order valence-corrected chi connectivity index (χ2v) is 18.5. The lowest BCUT2D eigenvalue weighted by atomic mass is 9.33. The standard InChI is InChI=1S/C40H63NO3/c1-35(2)22-30-29-14-15-32-37(4)18-17-33(43)38(5,26-42)31(37)16-19-40(32,7)39(29,6)21-20-36(30,3)34(23-35)44-25-28-12-10-27(11-13-28)24-41(8)9/h10-14,30-34,42-43H,15-26H2,1-9H3/t30-,31?,32-,33+,34-,36-,37+,38?,39-,40-/m1/s1. The van der Waals surface area contributed by atoms with Gasteiger partial charge in [-0.05, 0) is 122 Å². The molecule has 0 amide bonds. The first-order valence-corrected chi connectivity index (χ1v) is 17.9. The molecule has 4 saturated carbocycles. The van der Waals surface area contributed by atoms with Crippen LogP contribution >= 0.6 is 0 Å². The molecule has 4 nitrogen and oxygen atoms in total. The largest absolute Gasteiger partial charge is 0.396 e. The maximum Gasteiger partial charge on any atom is 0.0720 e. The van der Waals surface area contributed by atoms with Gasteiger partial charge in [0, 0.05) is 17.4 Å². The van der Waals surface area contributed by atoms with Gasteiger partial charge in [0.2, 0.25) is 0 Å². The summed E-state index contributed by atoms with van der Waals surface area (Å²) >= 11 is 0. The van der Waals surface area contributed by atoms with E-state index in [9.17, 15) is 10.2 Å². The summed E-state index contributed by atoms with van der Waals surface area (Å²) in [5, 5.41) is 21.7. The number of hydrogen-bond acceptors (Lipinski definition) is 4. The van der Waals surface area contributed by atoms with Crippen molar-refractivity contribution in [1.82, 2.24) is 4.90 Å². The Bertz CT molecular complexity index is 1250. The lowest BCUT2D eigenvalue weighted by Crippen LogP contribution is -2.66. The van der Waals surface area contributed by atoms with Crippen LogP contribution in [0, 0.1) is 50.2 Å². The molecule has 2 unspecified atom stereocenters. The monoisotopic (exact) mass is 605 g/mol. The molecule has 4 heteroatoms. The van der Waals surface area contributed by atoms with E-state index in [4.69, 9.17) is 4.74 Å². The van der Waals surface area contributed by atoms with Gasteiger partial charge in [0.1, 0.15) is 0 Å². The van der Waals surface area contributed by atoms with E-state index in [1.165, 1.54) is 36.8 Å². The zero-order valence-electron chi connectivity index (χ0n) is 29.5. The molecule has 1 aromatic rings. The maximum atomic E-state index is 11.1. The molecular weight excluding hydrogens is 542 g/mol. The Hall–Kier alpha value is -1.20. The fourth-order valence-electron chi connectivity index (χ4n) is 12.2. The van der Waals surface area contributed by atoms with Crippen molar-refractivity contribution in [2.75, 3.05) is 20.7 Å². The summed E-state index contributed by atoms with van der Waals surface area (Å²) in [5.41, 5.74) is 4.94. The first-order valence-electron chi connectivity index (χ1n) is 17.9. The van der Waals surface area contributed by atoms with Crippen LogP contribution in [-0.2, 0) is 17.9 Å². The summed E-state index contributed by atoms with van der Waals surface area (Å²) in [5.74, 6) is 1.51. The number of fused-ring (bicyclic) bond motifs is 7. The second kappa shape index (κ2) is 10.9. The molecule has 0 heterocycles. The number of ether oxygens (including phenoxy) is 1. The van der Waals surface area contributed by atoms with Crippen molar-refractivity contribution in [3.05, 3.63) is 47.0 Å². The molecule has 0 spiro atoms. The van der Waals surface area contributed by atoms with E-state index < -0.39 is 11.5 Å². The molecule has 10 atom stereocenters. The van der Waals surface area contributed by atoms with E-state index in [0.29, 0.717) is 24.4 Å². The molecule has 4 fully saturated rings. The van der Waals surface area contributed by atoms with Crippen molar-refractivity contribution in [1.29, 1.82) is 0 Å². The number of allylic oxidation sites excluding steroid dienone is 2. The number of nitrogens with zero attached hydrogens (tertiary/aromatic N) is 1. The molecule has 0 aliphatic heterocycles. The summed E-state index contributed by atoms with van der Waals surface area (Å²) in [6.07, 6.45) is 12.8. The summed E-state index contributed by atoms with van der Waals surface area (Å²) in [6.45, 7) is 19.3. The summed E-state index contributed by atoms with van der Waals surface area (Å²) in [4.78, 5) is 2.22. The van der Waals surface area contributed by atoms with Crippen molar-refractivity contribution in [3.63, 3.8) is 0 Å². The van der Waals surface area contributed by atoms with E-state index in [0.717, 1.165) is 38.6 Å². The zero-order valence-corrected chi connectivity index (χ0v) is 29.5. The fourth-order valence-corrected chi connectivity index (χ4v) is 12.2. The van der Waals surface area contributed by atoms with E-state index in [2.05, 4.69) is 97.8 Å². The number of hydrogen-bond donors (Lipinski definition) is 2. The smallest absolute Gasteiger partial charge is 0.0720 e. The summed E-state index contributed by atoms with van der Waals surface area (Å²) in [7, 11) is 4.24. The fraction of sp³-hybridized carbons (Fsp3) is 0.800. The van der Waals surface area contributed by atoms with Crippen LogP contribution in [0.1, 0.15) is 117 Å². The highest BCUT2D eigenvalue weighted by molar-refractivity contribution is 5.34. The molecule has 246 valence electrons. The van der Waals surface area contributed by atoms with Crippen LogP contribution in [0.15, 0.2) is 35.9 Å². The van der Waals surface area contributed by atoms with Crippen LogP contribution in [0.5, 0.6) is 0 Å². The SMILES string of the molecule is CN(C)Cc1ccc(CO[C@@H]2CC(C)(C)C[C@@H]3C4=CC[C@@H]5[C@@]6(C)CC[C@H](O)C(C)(CO)C6CC[C@@]5(C)[C@]4(C)CC[C@]32C)cc1. The van der Waals surface area contributed by atoms with Crippen LogP contribution in [0.2, 0.25) is 0 Å². The minimum Gasteiger partial charge on any atom is -0.396 e. The Kier molecular flexibility index (Phi) is 8.13. The molecule has 0 radical (unpaired) electrons. The van der Waals surface area contributed by atoms with Crippen molar-refractivity contribution in [2.24, 2.45) is 50.2 Å². The third-order valence-electron chi connectivity index (χ3n) is 15.2. The van der Waals surface area contributed by atoms with Crippen molar-refractivity contribution in [3.8, 4) is 0 Å². The van der Waals surface area contributed by atoms with E-state index >= 15 is 0 Å². The minimum atomic E-state index is -0.395. The lowest BCUT2D eigenvalue weighted by Gasteiger charge is -2.71. The lowest BCUT2D eigenvalue weighted by molar-refractivity contribution is -0.220. The highest BCUT2D eigenvalue weighted by Gasteiger charge is 2.69. The Morgan fingerprint density at radius 2 is 1.50 bits per heavy atom. The quantitative estimate of drug-likeness (QED) is 0.320. The van der Waals surface area contributed by atoms with Gasteiger partial charge in [-0.3, -0.25) is 0 Å². The number of rotatable bonds is 6. The van der Waals surface area contributed by atoms with Crippen LogP contribution in [-0.4, -0.2) is 48.0 Å². The number of aliphatic hydroxyl groups excluding tert-OH is 2. The first-order chi connectivity index (χ1) is 20.5. The van der Waals surface area contributed by atoms with Gasteiger partial charge in [-0.25, -0.2) is 0 Å². The van der Waals surface area contributed by atoms with E-state index in [1.807, 2.05) is 0 Å². The van der Waals surface area contributed by atoms with Gasteiger partial charge in [0.05, 0.1) is 25.4 Å². The Morgan fingerprint density at radius 3 is 2.16 bits per heavy atom. The number of benzene rings is 1. The average Bonchev–Trinajstić information content (AvgIpc) is 2.95.